The highest BCUT2D eigenvalue weighted by Gasteiger charge is 2.29. The summed E-state index contributed by atoms with van der Waals surface area (Å²) < 4.78 is 10.8. The van der Waals surface area contributed by atoms with Crippen molar-refractivity contribution in [2.45, 2.75) is 12.8 Å². The van der Waals surface area contributed by atoms with Crippen LogP contribution in [0.1, 0.15) is 12.8 Å². The molecule has 3 fully saturated rings. The standard InChI is InChI=1S/C18H27N5O3/c24-18(15-1-9-25-10-2-15)23-5-3-21(4-6-23)16-13-17(20-19-14-16)22-7-11-26-12-8-22/h13-15H,1-12H2. The van der Waals surface area contributed by atoms with E-state index in [2.05, 4.69) is 26.1 Å². The SMILES string of the molecule is O=C(C1CCOCC1)N1CCN(c2cnnc(N3CCOCC3)c2)CC1. The second-order valence-corrected chi connectivity index (χ2v) is 7.07. The first kappa shape index (κ1) is 17.5. The van der Waals surface area contributed by atoms with Gasteiger partial charge in [0.2, 0.25) is 5.91 Å². The maximum atomic E-state index is 12.7. The summed E-state index contributed by atoms with van der Waals surface area (Å²) in [7, 11) is 0. The second kappa shape index (κ2) is 8.18. The number of morpholine rings is 1. The molecule has 4 rings (SSSR count). The van der Waals surface area contributed by atoms with Crippen LogP contribution in [0.15, 0.2) is 12.3 Å². The third-order valence-corrected chi connectivity index (χ3v) is 5.49. The number of hydrogen-bond donors (Lipinski definition) is 0. The molecule has 0 saturated carbocycles. The van der Waals surface area contributed by atoms with Gasteiger partial charge in [0.05, 0.1) is 25.1 Å². The Labute approximate surface area is 154 Å². The lowest BCUT2D eigenvalue weighted by Crippen LogP contribution is -2.51. The van der Waals surface area contributed by atoms with Crippen LogP contribution < -0.4 is 9.80 Å². The number of ether oxygens (including phenoxy) is 2. The quantitative estimate of drug-likeness (QED) is 0.771. The smallest absolute Gasteiger partial charge is 0.225 e. The zero-order valence-electron chi connectivity index (χ0n) is 15.2. The number of amides is 1. The van der Waals surface area contributed by atoms with Crippen LogP contribution in [0.3, 0.4) is 0 Å². The fourth-order valence-electron chi connectivity index (χ4n) is 3.85. The lowest BCUT2D eigenvalue weighted by molar-refractivity contribution is -0.138. The van der Waals surface area contributed by atoms with Crippen molar-refractivity contribution in [3.8, 4) is 0 Å². The average molecular weight is 361 g/mol. The van der Waals surface area contributed by atoms with Crippen molar-refractivity contribution in [2.24, 2.45) is 5.92 Å². The van der Waals surface area contributed by atoms with Crippen molar-refractivity contribution in [1.29, 1.82) is 0 Å². The first-order valence-electron chi connectivity index (χ1n) is 9.58. The van der Waals surface area contributed by atoms with Gasteiger partial charge in [0.25, 0.3) is 0 Å². The summed E-state index contributed by atoms with van der Waals surface area (Å²) in [5.41, 5.74) is 1.08. The van der Waals surface area contributed by atoms with Gasteiger partial charge < -0.3 is 24.2 Å². The van der Waals surface area contributed by atoms with Crippen LogP contribution in [0, 0.1) is 5.92 Å². The number of piperazine rings is 1. The van der Waals surface area contributed by atoms with Crippen LogP contribution in [-0.4, -0.2) is 86.7 Å². The monoisotopic (exact) mass is 361 g/mol. The van der Waals surface area contributed by atoms with Gasteiger partial charge in [0.1, 0.15) is 0 Å². The van der Waals surface area contributed by atoms with E-state index in [4.69, 9.17) is 9.47 Å². The van der Waals surface area contributed by atoms with Crippen molar-refractivity contribution >= 4 is 17.4 Å². The summed E-state index contributed by atoms with van der Waals surface area (Å²) >= 11 is 0. The van der Waals surface area contributed by atoms with Crippen LogP contribution in [-0.2, 0) is 14.3 Å². The van der Waals surface area contributed by atoms with Gasteiger partial charge in [-0.25, -0.2) is 0 Å². The molecular formula is C18H27N5O3. The summed E-state index contributed by atoms with van der Waals surface area (Å²) in [6.07, 6.45) is 3.53. The van der Waals surface area contributed by atoms with Gasteiger partial charge in [-0.1, -0.05) is 0 Å². The Morgan fingerprint density at radius 1 is 0.923 bits per heavy atom. The zero-order chi connectivity index (χ0) is 17.8. The van der Waals surface area contributed by atoms with Gasteiger partial charge in [0.15, 0.2) is 5.82 Å². The fourth-order valence-corrected chi connectivity index (χ4v) is 3.85. The van der Waals surface area contributed by atoms with Crippen LogP contribution >= 0.6 is 0 Å². The van der Waals surface area contributed by atoms with E-state index in [1.807, 2.05) is 11.1 Å². The number of rotatable bonds is 3. The summed E-state index contributed by atoms with van der Waals surface area (Å²) in [5.74, 6) is 1.35. The van der Waals surface area contributed by atoms with Gasteiger partial charge in [-0.2, -0.15) is 5.10 Å². The van der Waals surface area contributed by atoms with E-state index in [-0.39, 0.29) is 5.92 Å². The Balaban J connectivity index is 1.35. The minimum absolute atomic E-state index is 0.144. The van der Waals surface area contributed by atoms with Crippen molar-refractivity contribution in [2.75, 3.05) is 75.5 Å². The van der Waals surface area contributed by atoms with Crippen LogP contribution in [0.2, 0.25) is 0 Å². The molecule has 0 aliphatic carbocycles. The lowest BCUT2D eigenvalue weighted by Gasteiger charge is -2.38. The van der Waals surface area contributed by atoms with Crippen molar-refractivity contribution in [3.63, 3.8) is 0 Å². The average Bonchev–Trinajstić information content (AvgIpc) is 2.75. The summed E-state index contributed by atoms with van der Waals surface area (Å²) in [6, 6.07) is 2.11. The first-order chi connectivity index (χ1) is 12.8. The van der Waals surface area contributed by atoms with Crippen molar-refractivity contribution < 1.29 is 14.3 Å². The van der Waals surface area contributed by atoms with Gasteiger partial charge in [-0.3, -0.25) is 4.79 Å². The minimum Gasteiger partial charge on any atom is -0.381 e. The predicted octanol–water partition coefficient (Wildman–Crippen LogP) is 0.388. The molecule has 3 aliphatic heterocycles. The highest BCUT2D eigenvalue weighted by atomic mass is 16.5. The number of carbonyl (C=O) groups is 1. The van der Waals surface area contributed by atoms with Gasteiger partial charge in [0, 0.05) is 64.5 Å². The van der Waals surface area contributed by atoms with E-state index in [0.29, 0.717) is 19.1 Å². The third-order valence-electron chi connectivity index (χ3n) is 5.49. The summed E-state index contributed by atoms with van der Waals surface area (Å²) in [6.45, 7) is 7.81. The van der Waals surface area contributed by atoms with Crippen LogP contribution in [0.4, 0.5) is 11.5 Å². The molecule has 8 nitrogen and oxygen atoms in total. The van der Waals surface area contributed by atoms with Gasteiger partial charge >= 0.3 is 0 Å². The Bertz CT molecular complexity index is 609. The van der Waals surface area contributed by atoms with E-state index in [9.17, 15) is 4.79 Å². The van der Waals surface area contributed by atoms with Crippen molar-refractivity contribution in [1.82, 2.24) is 15.1 Å². The maximum Gasteiger partial charge on any atom is 0.225 e. The Morgan fingerprint density at radius 2 is 1.62 bits per heavy atom. The molecule has 3 aliphatic rings. The maximum absolute atomic E-state index is 12.7. The van der Waals surface area contributed by atoms with E-state index >= 15 is 0 Å². The topological polar surface area (TPSA) is 71.0 Å². The van der Waals surface area contributed by atoms with Crippen molar-refractivity contribution in [3.05, 3.63) is 12.3 Å². The molecule has 26 heavy (non-hydrogen) atoms. The summed E-state index contributed by atoms with van der Waals surface area (Å²) in [5, 5.41) is 8.47. The summed E-state index contributed by atoms with van der Waals surface area (Å²) in [4.78, 5) is 19.2. The molecule has 142 valence electrons. The Kier molecular flexibility index (Phi) is 5.50. The molecule has 1 aromatic heterocycles. The highest BCUT2D eigenvalue weighted by Crippen LogP contribution is 2.23. The molecule has 0 unspecified atom stereocenters. The molecule has 8 heteroatoms. The molecule has 0 spiro atoms. The molecule has 0 atom stereocenters. The van der Waals surface area contributed by atoms with E-state index in [1.54, 1.807) is 0 Å². The van der Waals surface area contributed by atoms with Crippen LogP contribution in [0.5, 0.6) is 0 Å². The molecule has 4 heterocycles. The predicted molar refractivity (Wildman–Crippen MR) is 97.4 cm³/mol. The number of hydrogen-bond acceptors (Lipinski definition) is 7. The lowest BCUT2D eigenvalue weighted by atomic mass is 9.98. The first-order valence-corrected chi connectivity index (χ1v) is 9.58. The number of carbonyl (C=O) groups excluding carboxylic acids is 1. The molecule has 3 saturated heterocycles. The van der Waals surface area contributed by atoms with Crippen LogP contribution in [0.25, 0.3) is 0 Å². The van der Waals surface area contributed by atoms with E-state index in [1.165, 1.54) is 0 Å². The zero-order valence-corrected chi connectivity index (χ0v) is 15.2. The molecule has 0 N–H and O–H groups in total. The molecule has 1 aromatic rings. The molecule has 0 bridgehead atoms. The largest absolute Gasteiger partial charge is 0.381 e. The second-order valence-electron chi connectivity index (χ2n) is 7.07. The minimum atomic E-state index is 0.144. The number of aromatic nitrogens is 2. The Hall–Kier alpha value is -1.93. The van der Waals surface area contributed by atoms with Gasteiger partial charge in [-0.05, 0) is 12.8 Å². The third kappa shape index (κ3) is 3.91. The molecule has 0 radical (unpaired) electrons. The normalized spacial score (nSPS) is 22.5. The van der Waals surface area contributed by atoms with E-state index < -0.39 is 0 Å². The van der Waals surface area contributed by atoms with Gasteiger partial charge in [-0.15, -0.1) is 5.10 Å². The highest BCUT2D eigenvalue weighted by molar-refractivity contribution is 5.79. The fraction of sp³-hybridized carbons (Fsp3) is 0.722. The Morgan fingerprint density at radius 3 is 2.35 bits per heavy atom. The number of nitrogens with zero attached hydrogens (tertiary/aromatic N) is 5. The molecule has 1 amide bonds. The molecule has 0 aromatic carbocycles. The molecular weight excluding hydrogens is 334 g/mol. The van der Waals surface area contributed by atoms with E-state index in [0.717, 1.165) is 76.8 Å². The number of anilines is 2.